The molecule has 7 nitrogen and oxygen atoms in total. The Bertz CT molecular complexity index is 804. The third-order valence-electron chi connectivity index (χ3n) is 5.37. The van der Waals surface area contributed by atoms with Crippen molar-refractivity contribution in [3.8, 4) is 0 Å². The van der Waals surface area contributed by atoms with Gasteiger partial charge in [0, 0.05) is 25.7 Å². The first kappa shape index (κ1) is 20.9. The van der Waals surface area contributed by atoms with E-state index in [0.29, 0.717) is 30.8 Å². The van der Waals surface area contributed by atoms with Gasteiger partial charge in [-0.1, -0.05) is 25.0 Å². The maximum absolute atomic E-state index is 13.0. The van der Waals surface area contributed by atoms with Gasteiger partial charge in [-0.25, -0.2) is 12.7 Å². The normalized spacial score (nSPS) is 18.0. The molecule has 1 saturated heterocycles. The number of sulfonamides is 1. The monoisotopic (exact) mass is 423 g/mol. The summed E-state index contributed by atoms with van der Waals surface area (Å²) in [5, 5.41) is 15.2. The van der Waals surface area contributed by atoms with Crippen LogP contribution in [0.2, 0.25) is 0 Å². The summed E-state index contributed by atoms with van der Waals surface area (Å²) in [7, 11) is -3.69. The van der Waals surface area contributed by atoms with E-state index in [2.05, 4.69) is 10.6 Å². The summed E-state index contributed by atoms with van der Waals surface area (Å²) in [6.45, 7) is 4.41. The van der Waals surface area contributed by atoms with Crippen molar-refractivity contribution in [3.05, 3.63) is 29.8 Å². The first-order valence-electron chi connectivity index (χ1n) is 9.92. The molecule has 0 bridgehead atoms. The predicted octanol–water partition coefficient (Wildman–Crippen LogP) is 1.90. The first-order valence-corrected chi connectivity index (χ1v) is 11.8. The number of rotatable bonds is 7. The van der Waals surface area contributed by atoms with E-state index in [1.54, 1.807) is 12.1 Å². The fourth-order valence-corrected chi connectivity index (χ4v) is 5.49. The van der Waals surface area contributed by atoms with Gasteiger partial charge >= 0.3 is 0 Å². The summed E-state index contributed by atoms with van der Waals surface area (Å²) in [5.74, 6) is 0.122. The highest BCUT2D eigenvalue weighted by atomic mass is 32.2. The molecule has 0 spiro atoms. The molecule has 0 unspecified atom stereocenters. The third-order valence-corrected chi connectivity index (χ3v) is 7.46. The van der Waals surface area contributed by atoms with Crippen LogP contribution in [0.25, 0.3) is 0 Å². The molecule has 3 rings (SSSR count). The van der Waals surface area contributed by atoms with Crippen molar-refractivity contribution >= 4 is 33.3 Å². The molecule has 9 heteroatoms. The molecule has 0 radical (unpaired) electrons. The van der Waals surface area contributed by atoms with Gasteiger partial charge in [-0.05, 0) is 56.1 Å². The summed E-state index contributed by atoms with van der Waals surface area (Å²) >= 11 is 5.13. The van der Waals surface area contributed by atoms with Crippen molar-refractivity contribution in [2.45, 2.75) is 50.0 Å². The SMILES string of the molecule is CCNC(=S)NCCc1ccc(S(=O)(=O)N2CCN(C3CCCC3)C2=N)cc1. The Morgan fingerprint density at radius 2 is 1.86 bits per heavy atom. The molecule has 2 aliphatic rings. The van der Waals surface area contributed by atoms with Crippen molar-refractivity contribution < 1.29 is 8.42 Å². The number of hydrogen-bond donors (Lipinski definition) is 3. The Morgan fingerprint density at radius 1 is 1.18 bits per heavy atom. The minimum atomic E-state index is -3.69. The zero-order valence-electron chi connectivity index (χ0n) is 16.3. The Hall–Kier alpha value is -1.87. The molecule has 0 amide bonds. The van der Waals surface area contributed by atoms with Gasteiger partial charge < -0.3 is 15.5 Å². The lowest BCUT2D eigenvalue weighted by Gasteiger charge is -2.26. The molecule has 2 fully saturated rings. The summed E-state index contributed by atoms with van der Waals surface area (Å²) in [5.41, 5.74) is 1.04. The zero-order chi connectivity index (χ0) is 20.1. The first-order chi connectivity index (χ1) is 13.4. The lowest BCUT2D eigenvalue weighted by Crippen LogP contribution is -2.40. The Labute approximate surface area is 173 Å². The molecule has 0 atom stereocenters. The Morgan fingerprint density at radius 3 is 2.50 bits per heavy atom. The van der Waals surface area contributed by atoms with Crippen LogP contribution in [0.4, 0.5) is 0 Å². The van der Waals surface area contributed by atoms with E-state index in [0.717, 1.165) is 44.2 Å². The summed E-state index contributed by atoms with van der Waals surface area (Å²) < 4.78 is 27.3. The number of benzene rings is 1. The quantitative estimate of drug-likeness (QED) is 0.581. The minimum Gasteiger partial charge on any atom is -0.363 e. The zero-order valence-corrected chi connectivity index (χ0v) is 17.9. The van der Waals surface area contributed by atoms with E-state index in [1.165, 1.54) is 4.31 Å². The van der Waals surface area contributed by atoms with E-state index in [1.807, 2.05) is 24.0 Å². The standard InChI is InChI=1S/C19H29N5O2S2/c1-2-21-19(27)22-12-11-15-7-9-17(10-8-15)28(25,26)24-14-13-23(18(24)20)16-5-3-4-6-16/h7-10,16,20H,2-6,11-14H2,1H3,(H2,21,22,27). The highest BCUT2D eigenvalue weighted by Crippen LogP contribution is 2.28. The van der Waals surface area contributed by atoms with Crippen molar-refractivity contribution in [1.29, 1.82) is 5.41 Å². The fraction of sp³-hybridized carbons (Fsp3) is 0.579. The van der Waals surface area contributed by atoms with Crippen LogP contribution in [0.5, 0.6) is 0 Å². The maximum Gasteiger partial charge on any atom is 0.266 e. The smallest absolute Gasteiger partial charge is 0.266 e. The molecule has 1 aromatic carbocycles. The molecular weight excluding hydrogens is 394 g/mol. The van der Waals surface area contributed by atoms with Crippen molar-refractivity contribution in [1.82, 2.24) is 19.8 Å². The van der Waals surface area contributed by atoms with Crippen LogP contribution in [0, 0.1) is 5.41 Å². The van der Waals surface area contributed by atoms with Gasteiger partial charge in [0.1, 0.15) is 0 Å². The van der Waals surface area contributed by atoms with Crippen LogP contribution < -0.4 is 10.6 Å². The lowest BCUT2D eigenvalue weighted by atomic mass is 10.1. The second kappa shape index (κ2) is 9.09. The van der Waals surface area contributed by atoms with Crippen molar-refractivity contribution in [3.63, 3.8) is 0 Å². The van der Waals surface area contributed by atoms with Crippen molar-refractivity contribution in [2.24, 2.45) is 0 Å². The highest BCUT2D eigenvalue weighted by molar-refractivity contribution is 7.89. The lowest BCUT2D eigenvalue weighted by molar-refractivity contribution is 0.342. The molecule has 1 aliphatic heterocycles. The molecule has 1 aromatic rings. The van der Waals surface area contributed by atoms with E-state index in [9.17, 15) is 8.42 Å². The van der Waals surface area contributed by atoms with Crippen LogP contribution in [0.1, 0.15) is 38.2 Å². The summed E-state index contributed by atoms with van der Waals surface area (Å²) in [4.78, 5) is 2.20. The van der Waals surface area contributed by atoms with Crippen LogP contribution in [0.15, 0.2) is 29.2 Å². The number of guanidine groups is 1. The van der Waals surface area contributed by atoms with E-state index in [-0.39, 0.29) is 10.9 Å². The third kappa shape index (κ3) is 4.57. The molecule has 1 heterocycles. The number of nitrogens with one attached hydrogen (secondary N) is 3. The van der Waals surface area contributed by atoms with Gasteiger partial charge in [0.05, 0.1) is 11.4 Å². The molecule has 1 saturated carbocycles. The number of hydrogen-bond acceptors (Lipinski definition) is 4. The largest absolute Gasteiger partial charge is 0.363 e. The van der Waals surface area contributed by atoms with Crippen LogP contribution in [-0.4, -0.2) is 60.9 Å². The maximum atomic E-state index is 13.0. The van der Waals surface area contributed by atoms with Crippen molar-refractivity contribution in [2.75, 3.05) is 26.2 Å². The molecule has 3 N–H and O–H groups in total. The average Bonchev–Trinajstić information content (AvgIpc) is 3.32. The van der Waals surface area contributed by atoms with Gasteiger partial charge in [0.2, 0.25) is 5.96 Å². The number of nitrogens with zero attached hydrogens (tertiary/aromatic N) is 2. The van der Waals surface area contributed by atoms with Crippen LogP contribution >= 0.6 is 12.2 Å². The second-order valence-electron chi connectivity index (χ2n) is 7.21. The van der Waals surface area contributed by atoms with Gasteiger partial charge in [0.15, 0.2) is 5.11 Å². The van der Waals surface area contributed by atoms with Gasteiger partial charge in [-0.3, -0.25) is 5.41 Å². The number of thiocarbonyl (C=S) groups is 1. The minimum absolute atomic E-state index is 0.122. The Balaban J connectivity index is 1.61. The van der Waals surface area contributed by atoms with E-state index in [4.69, 9.17) is 17.6 Å². The summed E-state index contributed by atoms with van der Waals surface area (Å²) in [6.07, 6.45) is 5.18. The molecule has 28 heavy (non-hydrogen) atoms. The van der Waals surface area contributed by atoms with Gasteiger partial charge in [0.25, 0.3) is 10.0 Å². The molecule has 1 aliphatic carbocycles. The molecular formula is C19H29N5O2S2. The summed E-state index contributed by atoms with van der Waals surface area (Å²) in [6, 6.07) is 7.26. The highest BCUT2D eigenvalue weighted by Gasteiger charge is 2.38. The predicted molar refractivity (Wildman–Crippen MR) is 115 cm³/mol. The van der Waals surface area contributed by atoms with E-state index < -0.39 is 10.0 Å². The molecule has 0 aromatic heterocycles. The average molecular weight is 424 g/mol. The molecule has 154 valence electrons. The van der Waals surface area contributed by atoms with E-state index >= 15 is 0 Å². The van der Waals surface area contributed by atoms with Gasteiger partial charge in [-0.2, -0.15) is 0 Å². The topological polar surface area (TPSA) is 88.5 Å². The fourth-order valence-electron chi connectivity index (χ4n) is 3.86. The van der Waals surface area contributed by atoms with Crippen LogP contribution in [0.3, 0.4) is 0 Å². The Kier molecular flexibility index (Phi) is 6.77. The van der Waals surface area contributed by atoms with Crippen LogP contribution in [-0.2, 0) is 16.4 Å². The second-order valence-corrected chi connectivity index (χ2v) is 9.48. The van der Waals surface area contributed by atoms with Gasteiger partial charge in [-0.15, -0.1) is 0 Å².